The van der Waals surface area contributed by atoms with Crippen LogP contribution in [0.25, 0.3) is 11.4 Å². The van der Waals surface area contributed by atoms with Gasteiger partial charge in [-0.3, -0.25) is 9.69 Å². The Morgan fingerprint density at radius 2 is 1.71 bits per heavy atom. The highest BCUT2D eigenvalue weighted by molar-refractivity contribution is 5.71. The largest absolute Gasteiger partial charge is 0.481 e. The lowest BCUT2D eigenvalue weighted by Gasteiger charge is -2.36. The van der Waals surface area contributed by atoms with Crippen molar-refractivity contribution in [3.05, 3.63) is 71.6 Å². The molecule has 2 aliphatic rings. The summed E-state index contributed by atoms with van der Waals surface area (Å²) >= 11 is 0. The number of benzene rings is 2. The fourth-order valence-electron chi connectivity index (χ4n) is 5.71. The fraction of sp³-hybridized carbons (Fsp3) is 0.483. The minimum atomic E-state index is -0.699. The average Bonchev–Trinajstić information content (AvgIpc) is 3.32. The third kappa shape index (κ3) is 6.17. The summed E-state index contributed by atoms with van der Waals surface area (Å²) in [7, 11) is 0. The molecule has 1 saturated heterocycles. The zero-order valence-electron chi connectivity index (χ0n) is 20.3. The Morgan fingerprint density at radius 1 is 0.971 bits per heavy atom. The highest BCUT2D eigenvalue weighted by atomic mass is 16.5. The van der Waals surface area contributed by atoms with Crippen LogP contribution in [0.2, 0.25) is 0 Å². The molecule has 6 nitrogen and oxygen atoms in total. The molecular formula is C29H35N3O3. The highest BCUT2D eigenvalue weighted by Crippen LogP contribution is 2.35. The lowest BCUT2D eigenvalue weighted by Crippen LogP contribution is -2.49. The minimum absolute atomic E-state index is 0.222. The van der Waals surface area contributed by atoms with Crippen molar-refractivity contribution >= 4 is 5.97 Å². The second-order valence-electron chi connectivity index (χ2n) is 10.3. The fourth-order valence-corrected chi connectivity index (χ4v) is 5.71. The lowest BCUT2D eigenvalue weighted by atomic mass is 9.74. The molecule has 1 N–H and O–H groups in total. The van der Waals surface area contributed by atoms with Gasteiger partial charge in [0, 0.05) is 31.6 Å². The van der Waals surface area contributed by atoms with Crippen LogP contribution in [0, 0.1) is 17.8 Å². The molecule has 1 aliphatic heterocycles. The lowest BCUT2D eigenvalue weighted by molar-refractivity contribution is -0.147. The third-order valence-corrected chi connectivity index (χ3v) is 7.77. The van der Waals surface area contributed by atoms with Gasteiger partial charge in [0.2, 0.25) is 11.7 Å². The van der Waals surface area contributed by atoms with Gasteiger partial charge in [-0.05, 0) is 48.6 Å². The molecule has 0 bridgehead atoms. The van der Waals surface area contributed by atoms with Gasteiger partial charge < -0.3 is 9.63 Å². The Kier molecular flexibility index (Phi) is 7.57. The van der Waals surface area contributed by atoms with E-state index in [0.717, 1.165) is 42.7 Å². The zero-order valence-corrected chi connectivity index (χ0v) is 20.3. The minimum Gasteiger partial charge on any atom is -0.481 e. The molecule has 2 atom stereocenters. The quantitative estimate of drug-likeness (QED) is 0.411. The number of hydrogen-bond donors (Lipinski definition) is 1. The number of carbonyl (C=O) groups is 1. The van der Waals surface area contributed by atoms with Gasteiger partial charge in [-0.1, -0.05) is 79.0 Å². The number of rotatable bonds is 10. The molecule has 2 heterocycles. The molecule has 2 fully saturated rings. The summed E-state index contributed by atoms with van der Waals surface area (Å²) in [5.41, 5.74) is 3.58. The van der Waals surface area contributed by atoms with Gasteiger partial charge in [0.05, 0.1) is 5.92 Å². The van der Waals surface area contributed by atoms with Crippen LogP contribution in [0.1, 0.15) is 55.5 Å². The molecule has 0 radical (unpaired) electrons. The zero-order chi connectivity index (χ0) is 24.0. The second-order valence-corrected chi connectivity index (χ2v) is 10.3. The predicted octanol–water partition coefficient (Wildman–Crippen LogP) is 5.62. The van der Waals surface area contributed by atoms with Crippen LogP contribution in [0.4, 0.5) is 0 Å². The summed E-state index contributed by atoms with van der Waals surface area (Å²) in [5, 5.41) is 13.2. The Morgan fingerprint density at radius 3 is 2.46 bits per heavy atom. The van der Waals surface area contributed by atoms with Crippen molar-refractivity contribution in [3.63, 3.8) is 0 Å². The Labute approximate surface area is 207 Å². The van der Waals surface area contributed by atoms with E-state index in [1.54, 1.807) is 0 Å². The van der Waals surface area contributed by atoms with Crippen LogP contribution in [-0.2, 0) is 24.2 Å². The molecule has 184 valence electrons. The van der Waals surface area contributed by atoms with Gasteiger partial charge in [0.1, 0.15) is 0 Å². The molecule has 0 spiro atoms. The van der Waals surface area contributed by atoms with Crippen molar-refractivity contribution in [3.8, 4) is 11.4 Å². The Bertz CT molecular complexity index is 1090. The standard InChI is InChI=1S/C29H35N3O3/c33-29(34)26-19-32(20-26)18-22-13-15-24(16-14-22)28-30-27(35-31-28)12-6-11-23-9-4-5-10-25(23)17-21-7-2-1-3-8-21/h1-3,7-8,13-16,23,25-26H,4-6,9-12,17-20H2,(H,33,34). The monoisotopic (exact) mass is 473 g/mol. The summed E-state index contributed by atoms with van der Waals surface area (Å²) < 4.78 is 5.56. The van der Waals surface area contributed by atoms with Crippen molar-refractivity contribution < 1.29 is 14.4 Å². The number of likely N-dealkylation sites (tertiary alicyclic amines) is 1. The van der Waals surface area contributed by atoms with E-state index in [-0.39, 0.29) is 5.92 Å². The maximum atomic E-state index is 11.0. The molecule has 35 heavy (non-hydrogen) atoms. The molecule has 2 unspecified atom stereocenters. The van der Waals surface area contributed by atoms with E-state index in [4.69, 9.17) is 9.63 Å². The first-order chi connectivity index (χ1) is 17.1. The normalized spacial score (nSPS) is 21.0. The van der Waals surface area contributed by atoms with Gasteiger partial charge in [-0.15, -0.1) is 0 Å². The molecule has 1 saturated carbocycles. The first-order valence-corrected chi connectivity index (χ1v) is 13.0. The number of aryl methyl sites for hydroxylation is 1. The predicted molar refractivity (Wildman–Crippen MR) is 135 cm³/mol. The maximum absolute atomic E-state index is 11.0. The Hall–Kier alpha value is -2.99. The highest BCUT2D eigenvalue weighted by Gasteiger charge is 2.32. The van der Waals surface area contributed by atoms with Crippen LogP contribution in [0.3, 0.4) is 0 Å². The summed E-state index contributed by atoms with van der Waals surface area (Å²) in [6.07, 6.45) is 9.75. The first kappa shape index (κ1) is 23.7. The average molecular weight is 474 g/mol. The molecule has 0 amide bonds. The van der Waals surface area contributed by atoms with Gasteiger partial charge >= 0.3 is 5.97 Å². The van der Waals surface area contributed by atoms with Gasteiger partial charge in [0.15, 0.2) is 0 Å². The van der Waals surface area contributed by atoms with Gasteiger partial charge in [-0.2, -0.15) is 4.98 Å². The molecule has 6 heteroatoms. The van der Waals surface area contributed by atoms with Crippen LogP contribution < -0.4 is 0 Å². The Balaban J connectivity index is 1.09. The molecule has 2 aromatic carbocycles. The summed E-state index contributed by atoms with van der Waals surface area (Å²) in [4.78, 5) is 17.8. The topological polar surface area (TPSA) is 79.5 Å². The summed E-state index contributed by atoms with van der Waals surface area (Å²) in [6, 6.07) is 19.1. The molecule has 1 aromatic heterocycles. The van der Waals surface area contributed by atoms with E-state index in [2.05, 4.69) is 57.5 Å². The van der Waals surface area contributed by atoms with E-state index in [1.807, 2.05) is 12.1 Å². The van der Waals surface area contributed by atoms with Gasteiger partial charge in [-0.25, -0.2) is 0 Å². The van der Waals surface area contributed by atoms with E-state index in [0.29, 0.717) is 18.9 Å². The van der Waals surface area contributed by atoms with Crippen molar-refractivity contribution in [1.82, 2.24) is 15.0 Å². The van der Waals surface area contributed by atoms with Crippen LogP contribution in [0.15, 0.2) is 59.1 Å². The third-order valence-electron chi connectivity index (χ3n) is 7.77. The van der Waals surface area contributed by atoms with Crippen LogP contribution in [-0.4, -0.2) is 39.2 Å². The number of aromatic nitrogens is 2. The van der Waals surface area contributed by atoms with E-state index in [1.165, 1.54) is 49.7 Å². The summed E-state index contributed by atoms with van der Waals surface area (Å²) in [5.74, 6) is 2.02. The van der Waals surface area contributed by atoms with Crippen LogP contribution in [0.5, 0.6) is 0 Å². The molecular weight excluding hydrogens is 438 g/mol. The SMILES string of the molecule is O=C(O)C1CN(Cc2ccc(-c3noc(CCCC4CCCCC4Cc4ccccc4)n3)cc2)C1. The van der Waals surface area contributed by atoms with Crippen molar-refractivity contribution in [2.45, 2.75) is 57.9 Å². The summed E-state index contributed by atoms with van der Waals surface area (Å²) in [6.45, 7) is 2.02. The van der Waals surface area contributed by atoms with Gasteiger partial charge in [0.25, 0.3) is 0 Å². The molecule has 3 aromatic rings. The number of carboxylic acids is 1. The smallest absolute Gasteiger partial charge is 0.309 e. The van der Waals surface area contributed by atoms with E-state index < -0.39 is 5.97 Å². The van der Waals surface area contributed by atoms with E-state index in [9.17, 15) is 4.79 Å². The number of carboxylic acid groups (broad SMARTS) is 1. The van der Waals surface area contributed by atoms with Crippen molar-refractivity contribution in [2.75, 3.05) is 13.1 Å². The number of hydrogen-bond acceptors (Lipinski definition) is 5. The van der Waals surface area contributed by atoms with E-state index >= 15 is 0 Å². The molecule has 1 aliphatic carbocycles. The number of nitrogens with zero attached hydrogens (tertiary/aromatic N) is 3. The van der Waals surface area contributed by atoms with Crippen LogP contribution >= 0.6 is 0 Å². The second kappa shape index (κ2) is 11.2. The van der Waals surface area contributed by atoms with Crippen molar-refractivity contribution in [1.29, 1.82) is 0 Å². The van der Waals surface area contributed by atoms with Crippen molar-refractivity contribution in [2.24, 2.45) is 17.8 Å². The first-order valence-electron chi connectivity index (χ1n) is 13.0. The maximum Gasteiger partial charge on any atom is 0.309 e. The molecule has 5 rings (SSSR count). The number of aliphatic carboxylic acids is 1.